The van der Waals surface area contributed by atoms with E-state index in [1.54, 1.807) is 6.92 Å². The Balaban J connectivity index is 3.19. The first-order valence-electron chi connectivity index (χ1n) is 3.78. The molecule has 0 aliphatic rings. The molecule has 1 heterocycles. The lowest BCUT2D eigenvalue weighted by molar-refractivity contribution is -0.447. The van der Waals surface area contributed by atoms with Gasteiger partial charge in [0.05, 0.1) is 11.8 Å². The Bertz CT molecular complexity index is 444. The highest BCUT2D eigenvalue weighted by Crippen LogP contribution is 2.14. The minimum Gasteiger partial charge on any atom is -0.624 e. The second kappa shape index (κ2) is 3.81. The molecule has 0 aliphatic heterocycles. The van der Waals surface area contributed by atoms with Crippen LogP contribution in [0.4, 0.5) is 0 Å². The van der Waals surface area contributed by atoms with Crippen molar-refractivity contribution in [2.45, 2.75) is 12.0 Å². The number of hydrogen-bond acceptors (Lipinski definition) is 4. The largest absolute Gasteiger partial charge is 0.624 e. The highest BCUT2D eigenvalue weighted by Gasteiger charge is 2.19. The van der Waals surface area contributed by atoms with Gasteiger partial charge >= 0.3 is 10.1 Å². The van der Waals surface area contributed by atoms with Crippen molar-refractivity contribution >= 4 is 16.3 Å². The molecule has 14 heavy (non-hydrogen) atoms. The maximum absolute atomic E-state index is 10.9. The fourth-order valence-corrected chi connectivity index (χ4v) is 1.45. The summed E-state index contributed by atoms with van der Waals surface area (Å²) < 4.78 is 35.2. The van der Waals surface area contributed by atoms with Gasteiger partial charge in [0.15, 0.2) is 12.8 Å². The maximum Gasteiger partial charge on any atom is 0.329 e. The molecule has 0 spiro atoms. The molecule has 0 saturated carbocycles. The summed E-state index contributed by atoms with van der Waals surface area (Å²) in [6, 6.07) is 1.28. The Morgan fingerprint density at radius 1 is 1.71 bits per heavy atom. The van der Waals surface area contributed by atoms with Gasteiger partial charge in [0.1, 0.15) is 0 Å². The van der Waals surface area contributed by atoms with Crippen LogP contribution in [-0.4, -0.2) is 30.5 Å². The Morgan fingerprint density at radius 2 is 2.36 bits per heavy atom. The summed E-state index contributed by atoms with van der Waals surface area (Å²) in [5, 5.41) is 10.3. The summed E-state index contributed by atoms with van der Waals surface area (Å²) >= 11 is 0. The first kappa shape index (κ1) is 10.7. The summed E-state index contributed by atoms with van der Waals surface area (Å²) in [6.07, 6.45) is 2.12. The predicted octanol–water partition coefficient (Wildman–Crippen LogP) is 0.475. The van der Waals surface area contributed by atoms with Crippen molar-refractivity contribution < 1.29 is 22.1 Å². The van der Waals surface area contributed by atoms with Gasteiger partial charge in [0.2, 0.25) is 0 Å². The molecular weight excluding hydrogens is 210 g/mol. The molecule has 0 aromatic carbocycles. The van der Waals surface area contributed by atoms with E-state index in [1.165, 1.54) is 6.07 Å². The molecule has 6 nitrogen and oxygen atoms in total. The van der Waals surface area contributed by atoms with Gasteiger partial charge in [-0.2, -0.15) is 8.42 Å². The molecule has 0 unspecified atom stereocenters. The highest BCUT2D eigenvalue weighted by molar-refractivity contribution is 7.85. The summed E-state index contributed by atoms with van der Waals surface area (Å²) in [7, 11) is -4.41. The number of rotatable bonds is 3. The molecule has 0 bridgehead atoms. The molecule has 0 saturated heterocycles. The van der Waals surface area contributed by atoms with Crippen molar-refractivity contribution in [2.24, 2.45) is 0 Å². The van der Waals surface area contributed by atoms with Crippen LogP contribution in [0.3, 0.4) is 0 Å². The SMILES string of the molecule is CC[N+]([O-])=Cc1ccoc1S(=O)(=O)O. The first-order chi connectivity index (χ1) is 6.45. The van der Waals surface area contributed by atoms with Crippen LogP contribution in [-0.2, 0) is 10.1 Å². The van der Waals surface area contributed by atoms with Gasteiger partial charge in [0, 0.05) is 0 Å². The number of furan rings is 1. The third kappa shape index (κ3) is 2.33. The minimum atomic E-state index is -4.41. The molecule has 78 valence electrons. The van der Waals surface area contributed by atoms with Crippen LogP contribution in [0.2, 0.25) is 0 Å². The van der Waals surface area contributed by atoms with Crippen molar-refractivity contribution in [1.82, 2.24) is 0 Å². The van der Waals surface area contributed by atoms with Crippen molar-refractivity contribution in [2.75, 3.05) is 6.54 Å². The maximum atomic E-state index is 10.9. The molecular formula is C7H9NO5S. The van der Waals surface area contributed by atoms with Crippen LogP contribution in [0.1, 0.15) is 12.5 Å². The van der Waals surface area contributed by atoms with E-state index in [0.717, 1.165) is 12.5 Å². The smallest absolute Gasteiger partial charge is 0.329 e. The molecule has 1 aromatic rings. The van der Waals surface area contributed by atoms with Crippen LogP contribution in [0.5, 0.6) is 0 Å². The van der Waals surface area contributed by atoms with Gasteiger partial charge in [-0.3, -0.25) is 4.55 Å². The normalized spacial score (nSPS) is 13.1. The second-order valence-corrected chi connectivity index (χ2v) is 3.82. The van der Waals surface area contributed by atoms with Crippen molar-refractivity contribution in [3.05, 3.63) is 23.1 Å². The molecule has 0 radical (unpaired) electrons. The van der Waals surface area contributed by atoms with Crippen LogP contribution < -0.4 is 0 Å². The van der Waals surface area contributed by atoms with E-state index < -0.39 is 15.2 Å². The molecule has 7 heteroatoms. The molecule has 0 aliphatic carbocycles. The Morgan fingerprint density at radius 3 is 2.86 bits per heavy atom. The van der Waals surface area contributed by atoms with Gasteiger partial charge in [0.25, 0.3) is 5.09 Å². The third-order valence-electron chi connectivity index (χ3n) is 1.49. The number of hydroxylamine groups is 1. The van der Waals surface area contributed by atoms with E-state index >= 15 is 0 Å². The van der Waals surface area contributed by atoms with Crippen LogP contribution in [0.15, 0.2) is 21.8 Å². The summed E-state index contributed by atoms with van der Waals surface area (Å²) in [6.45, 7) is 1.78. The summed E-state index contributed by atoms with van der Waals surface area (Å²) in [4.78, 5) is 0. The van der Waals surface area contributed by atoms with Crippen molar-refractivity contribution in [3.63, 3.8) is 0 Å². The van der Waals surface area contributed by atoms with Crippen LogP contribution in [0.25, 0.3) is 0 Å². The Hall–Kier alpha value is -1.34. The van der Waals surface area contributed by atoms with E-state index in [0.29, 0.717) is 4.74 Å². The lowest BCUT2D eigenvalue weighted by Crippen LogP contribution is -2.07. The van der Waals surface area contributed by atoms with Gasteiger partial charge in [-0.15, -0.1) is 0 Å². The fraction of sp³-hybridized carbons (Fsp3) is 0.286. The Kier molecular flexibility index (Phi) is 2.92. The quantitative estimate of drug-likeness (QED) is 0.262. The van der Waals surface area contributed by atoms with E-state index in [-0.39, 0.29) is 12.1 Å². The predicted molar refractivity (Wildman–Crippen MR) is 47.9 cm³/mol. The first-order valence-corrected chi connectivity index (χ1v) is 5.22. The lowest BCUT2D eigenvalue weighted by atomic mass is 10.4. The molecule has 0 amide bonds. The summed E-state index contributed by atoms with van der Waals surface area (Å²) in [5.41, 5.74) is 0.0318. The van der Waals surface area contributed by atoms with Crippen molar-refractivity contribution in [1.29, 1.82) is 0 Å². The van der Waals surface area contributed by atoms with E-state index in [1.807, 2.05) is 0 Å². The van der Waals surface area contributed by atoms with E-state index in [2.05, 4.69) is 4.42 Å². The van der Waals surface area contributed by atoms with Crippen LogP contribution in [0, 0.1) is 5.21 Å². The lowest BCUT2D eigenvalue weighted by Gasteiger charge is -1.98. The second-order valence-electron chi connectivity index (χ2n) is 2.50. The van der Waals surface area contributed by atoms with Crippen LogP contribution >= 0.6 is 0 Å². The fourth-order valence-electron chi connectivity index (χ4n) is 0.857. The molecule has 0 atom stereocenters. The molecule has 1 aromatic heterocycles. The summed E-state index contributed by atoms with van der Waals surface area (Å²) in [5.74, 6) is 0. The highest BCUT2D eigenvalue weighted by atomic mass is 32.2. The average Bonchev–Trinajstić information content (AvgIpc) is 2.51. The Labute approximate surface area is 80.8 Å². The van der Waals surface area contributed by atoms with Gasteiger partial charge < -0.3 is 9.62 Å². The van der Waals surface area contributed by atoms with Gasteiger partial charge in [-0.05, 0) is 13.0 Å². The average molecular weight is 219 g/mol. The topological polar surface area (TPSA) is 93.6 Å². The monoisotopic (exact) mass is 219 g/mol. The van der Waals surface area contributed by atoms with E-state index in [9.17, 15) is 13.6 Å². The standard InChI is InChI=1S/C7H9NO5S/c1-2-8(9)5-6-3-4-13-7(6)14(10,11)12/h3-5H,2H2,1H3,(H,10,11,12). The molecule has 1 rings (SSSR count). The van der Waals surface area contributed by atoms with Gasteiger partial charge in [-0.25, -0.2) is 4.74 Å². The third-order valence-corrected chi connectivity index (χ3v) is 2.29. The van der Waals surface area contributed by atoms with Crippen molar-refractivity contribution in [3.8, 4) is 0 Å². The van der Waals surface area contributed by atoms with E-state index in [4.69, 9.17) is 4.55 Å². The zero-order chi connectivity index (χ0) is 10.8. The zero-order valence-corrected chi connectivity index (χ0v) is 8.19. The number of nitrogens with zero attached hydrogens (tertiary/aromatic N) is 1. The molecule has 1 N–H and O–H groups in total. The molecule has 0 fully saturated rings. The zero-order valence-electron chi connectivity index (χ0n) is 7.37. The number of hydrogen-bond donors (Lipinski definition) is 1. The van der Waals surface area contributed by atoms with Gasteiger partial charge in [-0.1, -0.05) is 0 Å². The minimum absolute atomic E-state index is 0.0318.